The molecule has 0 saturated heterocycles. The van der Waals surface area contributed by atoms with E-state index >= 15 is 0 Å². The van der Waals surface area contributed by atoms with E-state index in [4.69, 9.17) is 0 Å². The molecule has 0 spiro atoms. The third-order valence-electron chi connectivity index (χ3n) is 2.19. The number of carbonyl (C=O) groups excluding carboxylic acids is 1. The third-order valence-corrected chi connectivity index (χ3v) is 4.46. The largest absolute Gasteiger partial charge is 0.351 e. The molecule has 1 rings (SSSR count). The molecule has 0 unspecified atom stereocenters. The molecule has 0 aliphatic heterocycles. The highest BCUT2D eigenvalue weighted by atomic mass is 79.9. The summed E-state index contributed by atoms with van der Waals surface area (Å²) in [6.07, 6.45) is 1.50. The van der Waals surface area contributed by atoms with Gasteiger partial charge in [-0.15, -0.1) is 0 Å². The van der Waals surface area contributed by atoms with Crippen molar-refractivity contribution < 1.29 is 13.2 Å². The highest BCUT2D eigenvalue weighted by molar-refractivity contribution is 9.10. The zero-order chi connectivity index (χ0) is 13.8. The molecule has 1 heterocycles. The molecule has 1 amide bonds. The van der Waals surface area contributed by atoms with E-state index in [2.05, 4.69) is 26.2 Å². The Morgan fingerprint density at radius 1 is 1.50 bits per heavy atom. The van der Waals surface area contributed by atoms with Gasteiger partial charge in [-0.2, -0.15) is 0 Å². The molecule has 1 aromatic rings. The van der Waals surface area contributed by atoms with Gasteiger partial charge in [0.1, 0.15) is 4.60 Å². The second kappa shape index (κ2) is 6.26. The summed E-state index contributed by atoms with van der Waals surface area (Å²) >= 11 is 3.16. The standard InChI is InChI=1S/C10H14BrN3O3S/c1-14(2)18(16,17)6-5-13-10(15)8-3-4-12-9(11)7-8/h3-4,7H,5-6H2,1-2H3,(H,13,15). The number of hydrogen-bond acceptors (Lipinski definition) is 4. The maximum absolute atomic E-state index is 11.7. The van der Waals surface area contributed by atoms with Gasteiger partial charge in [0.15, 0.2) is 0 Å². The van der Waals surface area contributed by atoms with Crippen molar-refractivity contribution in [3.05, 3.63) is 28.5 Å². The van der Waals surface area contributed by atoms with E-state index in [0.29, 0.717) is 10.2 Å². The Morgan fingerprint density at radius 3 is 2.72 bits per heavy atom. The van der Waals surface area contributed by atoms with Crippen LogP contribution in [0.15, 0.2) is 22.9 Å². The monoisotopic (exact) mass is 335 g/mol. The smallest absolute Gasteiger partial charge is 0.251 e. The normalized spacial score (nSPS) is 11.6. The number of pyridine rings is 1. The van der Waals surface area contributed by atoms with Crippen LogP contribution in [-0.2, 0) is 10.0 Å². The molecule has 0 aliphatic rings. The van der Waals surface area contributed by atoms with Crippen LogP contribution in [0.5, 0.6) is 0 Å². The van der Waals surface area contributed by atoms with Crippen LogP contribution in [0.3, 0.4) is 0 Å². The summed E-state index contributed by atoms with van der Waals surface area (Å²) in [5.74, 6) is -0.454. The van der Waals surface area contributed by atoms with Crippen LogP contribution in [0.1, 0.15) is 10.4 Å². The first-order valence-corrected chi connectivity index (χ1v) is 7.53. The Bertz CT molecular complexity index is 531. The second-order valence-corrected chi connectivity index (χ2v) is 6.84. The van der Waals surface area contributed by atoms with Gasteiger partial charge < -0.3 is 5.32 Å². The van der Waals surface area contributed by atoms with Gasteiger partial charge in [-0.25, -0.2) is 17.7 Å². The molecule has 0 aliphatic carbocycles. The lowest BCUT2D eigenvalue weighted by Gasteiger charge is -2.11. The summed E-state index contributed by atoms with van der Waals surface area (Å²) in [7, 11) is -0.376. The lowest BCUT2D eigenvalue weighted by atomic mass is 10.2. The Labute approximate surface area is 115 Å². The minimum Gasteiger partial charge on any atom is -0.351 e. The van der Waals surface area contributed by atoms with E-state index in [-0.39, 0.29) is 18.2 Å². The molecule has 0 radical (unpaired) electrons. The fourth-order valence-corrected chi connectivity index (χ4v) is 2.21. The number of nitrogens with one attached hydrogen (secondary N) is 1. The quantitative estimate of drug-likeness (QED) is 0.793. The van der Waals surface area contributed by atoms with E-state index in [1.54, 1.807) is 12.1 Å². The van der Waals surface area contributed by atoms with Crippen molar-refractivity contribution in [2.75, 3.05) is 26.4 Å². The Hall–Kier alpha value is -0.990. The predicted octanol–water partition coefficient (Wildman–Crippen LogP) is 0.465. The average molecular weight is 336 g/mol. The van der Waals surface area contributed by atoms with Crippen molar-refractivity contribution in [2.24, 2.45) is 0 Å². The predicted molar refractivity (Wildman–Crippen MR) is 71.7 cm³/mol. The maximum Gasteiger partial charge on any atom is 0.251 e. The lowest BCUT2D eigenvalue weighted by Crippen LogP contribution is -2.33. The average Bonchev–Trinajstić information content (AvgIpc) is 2.28. The molecule has 0 aromatic carbocycles. The van der Waals surface area contributed by atoms with Crippen LogP contribution in [-0.4, -0.2) is 50.0 Å². The van der Waals surface area contributed by atoms with Gasteiger partial charge >= 0.3 is 0 Å². The SMILES string of the molecule is CN(C)S(=O)(=O)CCNC(=O)c1ccnc(Br)c1. The molecule has 0 saturated carbocycles. The first-order valence-electron chi connectivity index (χ1n) is 5.13. The fraction of sp³-hybridized carbons (Fsp3) is 0.400. The highest BCUT2D eigenvalue weighted by Gasteiger charge is 2.14. The first kappa shape index (κ1) is 15.1. The molecule has 0 atom stereocenters. The van der Waals surface area contributed by atoms with E-state index in [9.17, 15) is 13.2 Å². The molecular weight excluding hydrogens is 322 g/mol. The van der Waals surface area contributed by atoms with Crippen LogP contribution in [0.4, 0.5) is 0 Å². The number of carbonyl (C=O) groups is 1. The zero-order valence-corrected chi connectivity index (χ0v) is 12.5. The molecule has 18 heavy (non-hydrogen) atoms. The summed E-state index contributed by atoms with van der Waals surface area (Å²) in [6.45, 7) is 0.0687. The Balaban J connectivity index is 2.53. The zero-order valence-electron chi connectivity index (χ0n) is 10.1. The van der Waals surface area contributed by atoms with Crippen molar-refractivity contribution in [2.45, 2.75) is 0 Å². The van der Waals surface area contributed by atoms with Gasteiger partial charge in [0, 0.05) is 32.4 Å². The van der Waals surface area contributed by atoms with Crippen LogP contribution < -0.4 is 5.32 Å². The number of aromatic nitrogens is 1. The summed E-state index contributed by atoms with van der Waals surface area (Å²) in [5.41, 5.74) is 0.430. The van der Waals surface area contributed by atoms with Crippen molar-refractivity contribution in [1.29, 1.82) is 0 Å². The molecule has 100 valence electrons. The van der Waals surface area contributed by atoms with Crippen molar-refractivity contribution >= 4 is 31.9 Å². The maximum atomic E-state index is 11.7. The van der Waals surface area contributed by atoms with Crippen molar-refractivity contribution in [3.63, 3.8) is 0 Å². The van der Waals surface area contributed by atoms with Crippen LogP contribution in [0.25, 0.3) is 0 Å². The highest BCUT2D eigenvalue weighted by Crippen LogP contribution is 2.07. The van der Waals surface area contributed by atoms with Gasteiger partial charge in [-0.05, 0) is 28.1 Å². The third kappa shape index (κ3) is 4.35. The van der Waals surface area contributed by atoms with Gasteiger partial charge in [0.05, 0.1) is 5.75 Å². The van der Waals surface area contributed by atoms with Gasteiger partial charge in [-0.1, -0.05) is 0 Å². The molecule has 1 N–H and O–H groups in total. The van der Waals surface area contributed by atoms with Gasteiger partial charge in [0.2, 0.25) is 10.0 Å². The summed E-state index contributed by atoms with van der Waals surface area (Å²) in [5, 5.41) is 2.54. The summed E-state index contributed by atoms with van der Waals surface area (Å²) < 4.78 is 24.6. The minimum absolute atomic E-state index is 0.0687. The summed E-state index contributed by atoms with van der Waals surface area (Å²) in [4.78, 5) is 15.6. The minimum atomic E-state index is -3.29. The van der Waals surface area contributed by atoms with Crippen LogP contribution in [0, 0.1) is 0 Å². The van der Waals surface area contributed by atoms with E-state index < -0.39 is 10.0 Å². The number of halogens is 1. The van der Waals surface area contributed by atoms with E-state index in [0.717, 1.165) is 4.31 Å². The number of rotatable bonds is 5. The Kier molecular flexibility index (Phi) is 5.24. The van der Waals surface area contributed by atoms with Crippen LogP contribution >= 0.6 is 15.9 Å². The van der Waals surface area contributed by atoms with Crippen LogP contribution in [0.2, 0.25) is 0 Å². The number of amides is 1. The fourth-order valence-electron chi connectivity index (χ4n) is 1.12. The van der Waals surface area contributed by atoms with Crippen molar-refractivity contribution in [3.8, 4) is 0 Å². The molecule has 6 nitrogen and oxygen atoms in total. The van der Waals surface area contributed by atoms with E-state index in [1.807, 2.05) is 0 Å². The Morgan fingerprint density at radius 2 is 2.17 bits per heavy atom. The second-order valence-electron chi connectivity index (χ2n) is 3.72. The molecule has 1 aromatic heterocycles. The summed E-state index contributed by atoms with van der Waals surface area (Å²) in [6, 6.07) is 3.12. The number of hydrogen-bond donors (Lipinski definition) is 1. The molecular formula is C10H14BrN3O3S. The first-order chi connectivity index (χ1) is 8.33. The number of nitrogens with zero attached hydrogens (tertiary/aromatic N) is 2. The van der Waals surface area contributed by atoms with Gasteiger partial charge in [-0.3, -0.25) is 4.79 Å². The van der Waals surface area contributed by atoms with Crippen molar-refractivity contribution in [1.82, 2.24) is 14.6 Å². The lowest BCUT2D eigenvalue weighted by molar-refractivity contribution is 0.0956. The van der Waals surface area contributed by atoms with Gasteiger partial charge in [0.25, 0.3) is 5.91 Å². The molecule has 8 heteroatoms. The number of sulfonamides is 1. The van der Waals surface area contributed by atoms with E-state index in [1.165, 1.54) is 20.3 Å². The molecule has 0 bridgehead atoms. The molecule has 0 fully saturated rings. The topological polar surface area (TPSA) is 79.4 Å².